The van der Waals surface area contributed by atoms with Crippen molar-refractivity contribution in [1.29, 1.82) is 0 Å². The third-order valence-electron chi connectivity index (χ3n) is 2.92. The molecule has 0 amide bonds. The van der Waals surface area contributed by atoms with Crippen molar-refractivity contribution in [2.24, 2.45) is 0 Å². The fourth-order valence-electron chi connectivity index (χ4n) is 1.91. The summed E-state index contributed by atoms with van der Waals surface area (Å²) >= 11 is 19.6. The summed E-state index contributed by atoms with van der Waals surface area (Å²) in [5.74, 6) is 0.783. The maximum Gasteiger partial charge on any atom is 0.142 e. The Labute approximate surface area is 144 Å². The van der Waals surface area contributed by atoms with Gasteiger partial charge in [-0.1, -0.05) is 41.7 Å². The zero-order valence-electron chi connectivity index (χ0n) is 11.8. The van der Waals surface area contributed by atoms with E-state index in [0.717, 1.165) is 23.4 Å². The summed E-state index contributed by atoms with van der Waals surface area (Å²) in [5.41, 5.74) is 1.81. The molecule has 0 saturated carbocycles. The Bertz CT molecular complexity index is 615. The number of anilines is 1. The maximum atomic E-state index is 6.20. The fraction of sp³-hybridized carbons (Fsp3) is 0.333. The molecule has 2 nitrogen and oxygen atoms in total. The number of thiophene rings is 1. The SMILES string of the molecule is CCCOc1ccc(Cl)cc1NC(C)c1cc(Cl)sc1Cl. The minimum atomic E-state index is 0.00342. The monoisotopic (exact) mass is 363 g/mol. The number of halogens is 3. The van der Waals surface area contributed by atoms with Crippen LogP contribution in [-0.4, -0.2) is 6.61 Å². The van der Waals surface area contributed by atoms with Crippen LogP contribution in [0.15, 0.2) is 24.3 Å². The number of rotatable bonds is 6. The summed E-state index contributed by atoms with van der Waals surface area (Å²) in [5, 5.41) is 4.04. The van der Waals surface area contributed by atoms with Gasteiger partial charge in [0.15, 0.2) is 0 Å². The molecule has 21 heavy (non-hydrogen) atoms. The molecule has 1 atom stereocenters. The average Bonchev–Trinajstić information content (AvgIpc) is 2.77. The molecule has 0 aliphatic carbocycles. The van der Waals surface area contributed by atoms with Gasteiger partial charge in [0.25, 0.3) is 0 Å². The molecule has 1 heterocycles. The zero-order chi connectivity index (χ0) is 15.4. The van der Waals surface area contributed by atoms with Gasteiger partial charge < -0.3 is 10.1 Å². The quantitative estimate of drug-likeness (QED) is 0.618. The van der Waals surface area contributed by atoms with Crippen LogP contribution in [0.2, 0.25) is 13.7 Å². The van der Waals surface area contributed by atoms with Crippen molar-refractivity contribution in [3.8, 4) is 5.75 Å². The highest BCUT2D eigenvalue weighted by Crippen LogP contribution is 2.38. The van der Waals surface area contributed by atoms with E-state index in [-0.39, 0.29) is 6.04 Å². The van der Waals surface area contributed by atoms with E-state index in [9.17, 15) is 0 Å². The van der Waals surface area contributed by atoms with E-state index < -0.39 is 0 Å². The lowest BCUT2D eigenvalue weighted by Gasteiger charge is -2.18. The molecule has 1 aromatic heterocycles. The average molecular weight is 365 g/mol. The summed E-state index contributed by atoms with van der Waals surface area (Å²) in [6, 6.07) is 7.42. The lowest BCUT2D eigenvalue weighted by atomic mass is 10.1. The minimum absolute atomic E-state index is 0.00342. The number of ether oxygens (including phenoxy) is 1. The van der Waals surface area contributed by atoms with Crippen LogP contribution in [0.25, 0.3) is 0 Å². The minimum Gasteiger partial charge on any atom is -0.491 e. The largest absolute Gasteiger partial charge is 0.491 e. The normalized spacial score (nSPS) is 12.2. The summed E-state index contributed by atoms with van der Waals surface area (Å²) in [7, 11) is 0. The highest BCUT2D eigenvalue weighted by Gasteiger charge is 2.15. The third-order valence-corrected chi connectivity index (χ3v) is 4.68. The number of hydrogen-bond donors (Lipinski definition) is 1. The van der Waals surface area contributed by atoms with Gasteiger partial charge in [-0.3, -0.25) is 0 Å². The molecule has 2 rings (SSSR count). The molecule has 1 aromatic carbocycles. The van der Waals surface area contributed by atoms with Gasteiger partial charge in [0.1, 0.15) is 5.75 Å². The molecule has 6 heteroatoms. The Morgan fingerprint density at radius 1 is 1.24 bits per heavy atom. The number of nitrogens with one attached hydrogen (secondary N) is 1. The molecular weight excluding hydrogens is 349 g/mol. The van der Waals surface area contributed by atoms with Crippen LogP contribution in [0, 0.1) is 0 Å². The second kappa shape index (κ2) is 7.59. The standard InChI is InChI=1S/C15H16Cl3NOS/c1-3-6-20-13-5-4-10(16)7-12(13)19-9(2)11-8-14(17)21-15(11)18/h4-5,7-9,19H,3,6H2,1-2H3. The van der Waals surface area contributed by atoms with Crippen molar-refractivity contribution in [2.45, 2.75) is 26.3 Å². The van der Waals surface area contributed by atoms with Gasteiger partial charge in [-0.25, -0.2) is 0 Å². The van der Waals surface area contributed by atoms with Gasteiger partial charge in [-0.15, -0.1) is 11.3 Å². The highest BCUT2D eigenvalue weighted by molar-refractivity contribution is 7.20. The maximum absolute atomic E-state index is 6.20. The molecule has 0 fully saturated rings. The van der Waals surface area contributed by atoms with E-state index in [2.05, 4.69) is 12.2 Å². The van der Waals surface area contributed by atoms with E-state index in [0.29, 0.717) is 20.3 Å². The Balaban J connectivity index is 2.21. The molecular formula is C15H16Cl3NOS. The van der Waals surface area contributed by atoms with Crippen molar-refractivity contribution in [3.05, 3.63) is 43.5 Å². The Kier molecular flexibility index (Phi) is 6.06. The van der Waals surface area contributed by atoms with E-state index in [1.165, 1.54) is 11.3 Å². The van der Waals surface area contributed by atoms with Crippen molar-refractivity contribution in [2.75, 3.05) is 11.9 Å². The Hall–Kier alpha value is -0.610. The van der Waals surface area contributed by atoms with Gasteiger partial charge in [-0.05, 0) is 37.6 Å². The smallest absolute Gasteiger partial charge is 0.142 e. The van der Waals surface area contributed by atoms with Gasteiger partial charge >= 0.3 is 0 Å². The Morgan fingerprint density at radius 3 is 2.62 bits per heavy atom. The lowest BCUT2D eigenvalue weighted by Crippen LogP contribution is -2.08. The molecule has 0 saturated heterocycles. The first-order valence-electron chi connectivity index (χ1n) is 6.65. The number of hydrogen-bond acceptors (Lipinski definition) is 3. The molecule has 0 aliphatic rings. The van der Waals surface area contributed by atoms with Gasteiger partial charge in [-0.2, -0.15) is 0 Å². The first-order chi connectivity index (χ1) is 10.0. The summed E-state index contributed by atoms with van der Waals surface area (Å²) in [6.45, 7) is 4.75. The highest BCUT2D eigenvalue weighted by atomic mass is 35.5. The molecule has 0 radical (unpaired) electrons. The van der Waals surface area contributed by atoms with Crippen LogP contribution < -0.4 is 10.1 Å². The van der Waals surface area contributed by atoms with Crippen LogP contribution in [0.1, 0.15) is 31.9 Å². The van der Waals surface area contributed by atoms with Crippen LogP contribution in [0.4, 0.5) is 5.69 Å². The predicted octanol–water partition coefficient (Wildman–Crippen LogP) is 6.67. The molecule has 1 unspecified atom stereocenters. The molecule has 0 bridgehead atoms. The van der Waals surface area contributed by atoms with E-state index >= 15 is 0 Å². The zero-order valence-corrected chi connectivity index (χ0v) is 14.8. The first kappa shape index (κ1) is 16.8. The number of benzene rings is 1. The molecule has 0 spiro atoms. The second-order valence-electron chi connectivity index (χ2n) is 4.63. The summed E-state index contributed by atoms with van der Waals surface area (Å²) < 4.78 is 7.11. The summed E-state index contributed by atoms with van der Waals surface area (Å²) in [6.07, 6.45) is 0.948. The van der Waals surface area contributed by atoms with Crippen LogP contribution in [0.3, 0.4) is 0 Å². The van der Waals surface area contributed by atoms with Crippen molar-refractivity contribution >= 4 is 51.8 Å². The van der Waals surface area contributed by atoms with Gasteiger partial charge in [0.05, 0.1) is 27.0 Å². The van der Waals surface area contributed by atoms with Crippen LogP contribution >= 0.6 is 46.1 Å². The van der Waals surface area contributed by atoms with Gasteiger partial charge in [0, 0.05) is 10.6 Å². The molecule has 2 aromatic rings. The molecule has 0 aliphatic heterocycles. The van der Waals surface area contributed by atoms with E-state index in [1.54, 1.807) is 0 Å². The lowest BCUT2D eigenvalue weighted by molar-refractivity contribution is 0.318. The third kappa shape index (κ3) is 4.43. The molecule has 114 valence electrons. The van der Waals surface area contributed by atoms with E-state index in [1.807, 2.05) is 31.2 Å². The van der Waals surface area contributed by atoms with Crippen LogP contribution in [0.5, 0.6) is 5.75 Å². The summed E-state index contributed by atoms with van der Waals surface area (Å²) in [4.78, 5) is 0. The van der Waals surface area contributed by atoms with Crippen molar-refractivity contribution < 1.29 is 4.74 Å². The first-order valence-corrected chi connectivity index (χ1v) is 8.60. The van der Waals surface area contributed by atoms with Crippen molar-refractivity contribution in [1.82, 2.24) is 0 Å². The molecule has 1 N–H and O–H groups in total. The van der Waals surface area contributed by atoms with Crippen LogP contribution in [-0.2, 0) is 0 Å². The fourth-order valence-corrected chi connectivity index (χ4v) is 3.73. The predicted molar refractivity (Wildman–Crippen MR) is 93.6 cm³/mol. The van der Waals surface area contributed by atoms with Gasteiger partial charge in [0.2, 0.25) is 0 Å². The Morgan fingerprint density at radius 2 is 2.00 bits per heavy atom. The second-order valence-corrected chi connectivity index (χ2v) is 7.36. The van der Waals surface area contributed by atoms with Crippen molar-refractivity contribution in [3.63, 3.8) is 0 Å². The topological polar surface area (TPSA) is 21.3 Å². The van der Waals surface area contributed by atoms with E-state index in [4.69, 9.17) is 39.5 Å².